The maximum Gasteiger partial charge on any atom is 1.00 e. The molecule has 2 heteroatoms. The predicted octanol–water partition coefficient (Wildman–Crippen LogP) is -1.29. The van der Waals surface area contributed by atoms with Crippen LogP contribution >= 0.6 is 0 Å². The van der Waals surface area contributed by atoms with Crippen molar-refractivity contribution in [2.75, 3.05) is 0 Å². The van der Waals surface area contributed by atoms with Crippen LogP contribution in [0, 0.1) is 5.41 Å². The summed E-state index contributed by atoms with van der Waals surface area (Å²) in [5.41, 5.74) is -0.656. The van der Waals surface area contributed by atoms with Crippen LogP contribution in [0.2, 0.25) is 0 Å². The van der Waals surface area contributed by atoms with Crippen molar-refractivity contribution in [2.45, 2.75) is 52.1 Å². The van der Waals surface area contributed by atoms with E-state index in [9.17, 15) is 5.11 Å². The molecule has 1 nitrogen and oxygen atoms in total. The van der Waals surface area contributed by atoms with Crippen LogP contribution in [-0.4, -0.2) is 5.60 Å². The van der Waals surface area contributed by atoms with Gasteiger partial charge in [-0.3, -0.25) is 0 Å². The third-order valence-electron chi connectivity index (χ3n) is 2.78. The number of hydrogen-bond donors (Lipinski definition) is 0. The van der Waals surface area contributed by atoms with Gasteiger partial charge in [-0.15, -0.1) is 5.60 Å². The Morgan fingerprint density at radius 3 is 1.64 bits per heavy atom. The molecule has 1 saturated carbocycles. The summed E-state index contributed by atoms with van der Waals surface area (Å²) in [4.78, 5) is 0. The van der Waals surface area contributed by atoms with Gasteiger partial charge in [0.1, 0.15) is 0 Å². The molecule has 0 spiro atoms. The zero-order valence-electron chi connectivity index (χ0n) is 8.24. The van der Waals surface area contributed by atoms with Crippen molar-refractivity contribution in [1.82, 2.24) is 0 Å². The first kappa shape index (κ1) is 11.6. The summed E-state index contributed by atoms with van der Waals surface area (Å²) in [6.07, 6.45) is 4.05. The molecule has 0 heterocycles. The SMILES string of the molecule is CC(C)(C)C1([O-])CCCC1.[Li+]. The first-order valence-electron chi connectivity index (χ1n) is 4.16. The molecule has 0 amide bonds. The molecule has 0 unspecified atom stereocenters. The molecule has 0 bridgehead atoms. The number of hydrogen-bond acceptors (Lipinski definition) is 1. The first-order chi connectivity index (χ1) is 4.46. The molecule has 1 aliphatic carbocycles. The summed E-state index contributed by atoms with van der Waals surface area (Å²) in [5, 5.41) is 11.9. The van der Waals surface area contributed by atoms with Crippen molar-refractivity contribution >= 4 is 0 Å². The summed E-state index contributed by atoms with van der Waals surface area (Å²) in [6.45, 7) is 6.18. The van der Waals surface area contributed by atoms with Crippen LogP contribution in [0.5, 0.6) is 0 Å². The Balaban J connectivity index is 0.000001000. The zero-order valence-corrected chi connectivity index (χ0v) is 8.24. The van der Waals surface area contributed by atoms with E-state index in [2.05, 4.69) is 20.8 Å². The molecule has 0 saturated heterocycles. The topological polar surface area (TPSA) is 23.1 Å². The minimum absolute atomic E-state index is 0. The number of rotatable bonds is 0. The van der Waals surface area contributed by atoms with E-state index in [1.165, 1.54) is 0 Å². The predicted molar refractivity (Wildman–Crippen MR) is 40.7 cm³/mol. The van der Waals surface area contributed by atoms with Crippen LogP contribution in [-0.2, 0) is 0 Å². The molecule has 0 radical (unpaired) electrons. The molecule has 0 aromatic rings. The maximum atomic E-state index is 11.9. The molecule has 60 valence electrons. The summed E-state index contributed by atoms with van der Waals surface area (Å²) in [7, 11) is 0. The summed E-state index contributed by atoms with van der Waals surface area (Å²) in [5.74, 6) is 0. The molecule has 1 aliphatic rings. The molecule has 0 aromatic carbocycles. The Morgan fingerprint density at radius 2 is 1.45 bits per heavy atom. The third kappa shape index (κ3) is 2.24. The smallest absolute Gasteiger partial charge is 0.849 e. The largest absolute Gasteiger partial charge is 1.00 e. The maximum absolute atomic E-state index is 11.9. The van der Waals surface area contributed by atoms with E-state index in [-0.39, 0.29) is 24.3 Å². The van der Waals surface area contributed by atoms with Gasteiger partial charge < -0.3 is 5.11 Å². The second-order valence-corrected chi connectivity index (χ2v) is 4.45. The van der Waals surface area contributed by atoms with E-state index >= 15 is 0 Å². The van der Waals surface area contributed by atoms with Gasteiger partial charge in [0.05, 0.1) is 0 Å². The van der Waals surface area contributed by atoms with Crippen LogP contribution in [0.15, 0.2) is 0 Å². The zero-order chi connectivity index (χ0) is 7.83. The summed E-state index contributed by atoms with van der Waals surface area (Å²) < 4.78 is 0. The van der Waals surface area contributed by atoms with Crippen LogP contribution < -0.4 is 24.0 Å². The van der Waals surface area contributed by atoms with Gasteiger partial charge in [-0.1, -0.05) is 46.5 Å². The van der Waals surface area contributed by atoms with E-state index in [1.807, 2.05) is 0 Å². The second kappa shape index (κ2) is 3.52. The van der Waals surface area contributed by atoms with Crippen molar-refractivity contribution in [3.8, 4) is 0 Å². The molecule has 11 heavy (non-hydrogen) atoms. The molecular formula is C9H17LiO. The van der Waals surface area contributed by atoms with Crippen LogP contribution in [0.1, 0.15) is 46.5 Å². The first-order valence-corrected chi connectivity index (χ1v) is 4.16. The van der Waals surface area contributed by atoms with Gasteiger partial charge in [0.2, 0.25) is 0 Å². The molecule has 0 N–H and O–H groups in total. The summed E-state index contributed by atoms with van der Waals surface area (Å²) in [6, 6.07) is 0. The van der Waals surface area contributed by atoms with Crippen molar-refractivity contribution in [1.29, 1.82) is 0 Å². The van der Waals surface area contributed by atoms with Gasteiger partial charge in [0, 0.05) is 0 Å². The molecule has 1 fully saturated rings. The molecule has 1 rings (SSSR count). The van der Waals surface area contributed by atoms with Crippen molar-refractivity contribution in [2.24, 2.45) is 5.41 Å². The second-order valence-electron chi connectivity index (χ2n) is 4.45. The van der Waals surface area contributed by atoms with E-state index in [0.717, 1.165) is 25.7 Å². The van der Waals surface area contributed by atoms with Gasteiger partial charge in [-0.05, 0) is 5.41 Å². The molecule has 0 atom stereocenters. The third-order valence-corrected chi connectivity index (χ3v) is 2.78. The van der Waals surface area contributed by atoms with Crippen molar-refractivity contribution in [3.63, 3.8) is 0 Å². The van der Waals surface area contributed by atoms with Gasteiger partial charge in [0.15, 0.2) is 0 Å². The Hall–Kier alpha value is 0.557. The normalized spacial score (nSPS) is 22.9. The van der Waals surface area contributed by atoms with Crippen LogP contribution in [0.4, 0.5) is 0 Å². The van der Waals surface area contributed by atoms with Crippen LogP contribution in [0.25, 0.3) is 0 Å². The quantitative estimate of drug-likeness (QED) is 0.392. The fourth-order valence-corrected chi connectivity index (χ4v) is 1.70. The summed E-state index contributed by atoms with van der Waals surface area (Å²) >= 11 is 0. The van der Waals surface area contributed by atoms with Crippen molar-refractivity contribution < 1.29 is 24.0 Å². The van der Waals surface area contributed by atoms with E-state index < -0.39 is 5.60 Å². The minimum atomic E-state index is -0.618. The Labute approximate surface area is 81.7 Å². The Bertz CT molecular complexity index is 120. The fourth-order valence-electron chi connectivity index (χ4n) is 1.70. The fraction of sp³-hybridized carbons (Fsp3) is 1.00. The van der Waals surface area contributed by atoms with E-state index in [0.29, 0.717) is 0 Å². The van der Waals surface area contributed by atoms with Gasteiger partial charge in [-0.2, -0.15) is 0 Å². The van der Waals surface area contributed by atoms with Gasteiger partial charge in [-0.25, -0.2) is 0 Å². The van der Waals surface area contributed by atoms with E-state index in [4.69, 9.17) is 0 Å². The van der Waals surface area contributed by atoms with Crippen LogP contribution in [0.3, 0.4) is 0 Å². The van der Waals surface area contributed by atoms with Gasteiger partial charge >= 0.3 is 18.9 Å². The standard InChI is InChI=1S/C9H17O.Li/c1-8(2,3)9(10)6-4-5-7-9;/h4-7H2,1-3H3;/q-1;+1. The molecule has 0 aliphatic heterocycles. The Kier molecular flexibility index (Phi) is 3.70. The van der Waals surface area contributed by atoms with Gasteiger partial charge in [0.25, 0.3) is 0 Å². The van der Waals surface area contributed by atoms with E-state index in [1.54, 1.807) is 0 Å². The average molecular weight is 148 g/mol. The monoisotopic (exact) mass is 148 g/mol. The molecule has 0 aromatic heterocycles. The Morgan fingerprint density at radius 1 is 1.09 bits per heavy atom. The minimum Gasteiger partial charge on any atom is -0.849 e. The van der Waals surface area contributed by atoms with Crippen molar-refractivity contribution in [3.05, 3.63) is 0 Å². The average Bonchev–Trinajstić information content (AvgIpc) is 2.13. The molecular weight excluding hydrogens is 131 g/mol.